The Hall–Kier alpha value is -1.29. The third-order valence-electron chi connectivity index (χ3n) is 4.70. The van der Waals surface area contributed by atoms with E-state index in [-0.39, 0.29) is 5.91 Å². The molecule has 1 unspecified atom stereocenters. The van der Waals surface area contributed by atoms with Gasteiger partial charge in [0.25, 0.3) is 0 Å². The van der Waals surface area contributed by atoms with E-state index in [4.69, 9.17) is 0 Å². The van der Waals surface area contributed by atoms with Gasteiger partial charge >= 0.3 is 0 Å². The van der Waals surface area contributed by atoms with E-state index in [2.05, 4.69) is 29.8 Å². The van der Waals surface area contributed by atoms with Crippen LogP contribution in [0.2, 0.25) is 0 Å². The molecule has 2 fully saturated rings. The van der Waals surface area contributed by atoms with Crippen LogP contribution in [0.15, 0.2) is 18.5 Å². The highest BCUT2D eigenvalue weighted by atomic mass is 16.2. The van der Waals surface area contributed by atoms with Crippen LogP contribution < -0.4 is 10.6 Å². The molecule has 0 spiro atoms. The Kier molecular flexibility index (Phi) is 4.63. The largest absolute Gasteiger partial charge is 0.352 e. The number of carbonyl (C=O) groups is 1. The minimum atomic E-state index is 0.149. The molecule has 2 N–H and O–H groups in total. The van der Waals surface area contributed by atoms with Gasteiger partial charge in [0.15, 0.2) is 0 Å². The Morgan fingerprint density at radius 3 is 2.76 bits per heavy atom. The number of rotatable bonds is 7. The molecule has 3 rings (SSSR count). The fraction of sp³-hybridized carbons (Fsp3) is 0.706. The SMILES string of the molecule is CCNC(c1ccn(CC(=O)NC2CCCC2)c1)C1CC1. The number of hydrogen-bond acceptors (Lipinski definition) is 2. The number of aromatic nitrogens is 1. The van der Waals surface area contributed by atoms with E-state index in [0.717, 1.165) is 25.3 Å². The smallest absolute Gasteiger partial charge is 0.240 e. The molecule has 2 aliphatic rings. The van der Waals surface area contributed by atoms with Crippen molar-refractivity contribution in [3.05, 3.63) is 24.0 Å². The lowest BCUT2D eigenvalue weighted by molar-refractivity contribution is -0.122. The molecule has 21 heavy (non-hydrogen) atoms. The fourth-order valence-corrected chi connectivity index (χ4v) is 3.46. The third-order valence-corrected chi connectivity index (χ3v) is 4.70. The first kappa shape index (κ1) is 14.6. The van der Waals surface area contributed by atoms with Gasteiger partial charge in [-0.2, -0.15) is 0 Å². The highest BCUT2D eigenvalue weighted by molar-refractivity contribution is 5.76. The van der Waals surface area contributed by atoms with Crippen LogP contribution in [0.25, 0.3) is 0 Å². The second-order valence-electron chi connectivity index (χ2n) is 6.54. The molecule has 1 aromatic heterocycles. The number of carbonyl (C=O) groups excluding carboxylic acids is 1. The van der Waals surface area contributed by atoms with Crippen LogP contribution in [0, 0.1) is 5.92 Å². The topological polar surface area (TPSA) is 46.1 Å². The number of nitrogens with zero attached hydrogens (tertiary/aromatic N) is 1. The van der Waals surface area contributed by atoms with Crippen molar-refractivity contribution in [2.24, 2.45) is 5.92 Å². The van der Waals surface area contributed by atoms with Crippen LogP contribution in [-0.2, 0) is 11.3 Å². The van der Waals surface area contributed by atoms with Crippen molar-refractivity contribution in [2.75, 3.05) is 6.54 Å². The van der Waals surface area contributed by atoms with Crippen molar-refractivity contribution >= 4 is 5.91 Å². The van der Waals surface area contributed by atoms with Crippen molar-refractivity contribution in [3.8, 4) is 0 Å². The zero-order valence-electron chi connectivity index (χ0n) is 13.0. The second kappa shape index (κ2) is 6.65. The standard InChI is InChI=1S/C17H27N3O/c1-2-18-17(13-7-8-13)14-9-10-20(11-14)12-16(21)19-15-5-3-4-6-15/h9-11,13,15,17-18H,2-8,12H2,1H3,(H,19,21). The predicted octanol–water partition coefficient (Wildman–Crippen LogP) is 2.61. The van der Waals surface area contributed by atoms with Gasteiger partial charge in [0, 0.05) is 24.5 Å². The minimum absolute atomic E-state index is 0.149. The molecule has 0 bridgehead atoms. The first-order valence-corrected chi connectivity index (χ1v) is 8.44. The zero-order chi connectivity index (χ0) is 14.7. The molecule has 0 aromatic carbocycles. The van der Waals surface area contributed by atoms with Crippen LogP contribution in [-0.4, -0.2) is 23.1 Å². The summed E-state index contributed by atoms with van der Waals surface area (Å²) in [7, 11) is 0. The average Bonchev–Trinajstić information content (AvgIpc) is 2.97. The summed E-state index contributed by atoms with van der Waals surface area (Å²) in [6.45, 7) is 3.59. The monoisotopic (exact) mass is 289 g/mol. The molecule has 4 nitrogen and oxygen atoms in total. The maximum absolute atomic E-state index is 12.1. The lowest BCUT2D eigenvalue weighted by Crippen LogP contribution is -2.34. The minimum Gasteiger partial charge on any atom is -0.352 e. The highest BCUT2D eigenvalue weighted by Crippen LogP contribution is 2.40. The molecule has 0 aliphatic heterocycles. The molecule has 4 heteroatoms. The van der Waals surface area contributed by atoms with Crippen LogP contribution in [0.5, 0.6) is 0 Å². The Morgan fingerprint density at radius 1 is 1.33 bits per heavy atom. The van der Waals surface area contributed by atoms with Gasteiger partial charge in [-0.25, -0.2) is 0 Å². The second-order valence-corrected chi connectivity index (χ2v) is 6.54. The number of nitrogens with one attached hydrogen (secondary N) is 2. The van der Waals surface area contributed by atoms with Gasteiger partial charge in [-0.05, 0) is 49.8 Å². The van der Waals surface area contributed by atoms with E-state index in [1.165, 1.54) is 31.2 Å². The Morgan fingerprint density at radius 2 is 2.10 bits per heavy atom. The van der Waals surface area contributed by atoms with Gasteiger partial charge < -0.3 is 15.2 Å². The molecule has 1 atom stereocenters. The van der Waals surface area contributed by atoms with Crippen molar-refractivity contribution < 1.29 is 4.79 Å². The van der Waals surface area contributed by atoms with Crippen LogP contribution in [0.3, 0.4) is 0 Å². The van der Waals surface area contributed by atoms with Gasteiger partial charge in [-0.1, -0.05) is 19.8 Å². The number of hydrogen-bond donors (Lipinski definition) is 2. The van der Waals surface area contributed by atoms with Crippen LogP contribution in [0.1, 0.15) is 57.1 Å². The summed E-state index contributed by atoms with van der Waals surface area (Å²) in [5, 5.41) is 6.72. The summed E-state index contributed by atoms with van der Waals surface area (Å²) in [6.07, 6.45) is 11.6. The van der Waals surface area contributed by atoms with Crippen molar-refractivity contribution in [3.63, 3.8) is 0 Å². The molecule has 2 aliphatic carbocycles. The first-order valence-electron chi connectivity index (χ1n) is 8.44. The molecule has 0 saturated heterocycles. The van der Waals surface area contributed by atoms with E-state index < -0.39 is 0 Å². The Bertz CT molecular complexity index is 472. The van der Waals surface area contributed by atoms with E-state index in [9.17, 15) is 4.79 Å². The summed E-state index contributed by atoms with van der Waals surface area (Å²) < 4.78 is 2.02. The maximum atomic E-state index is 12.1. The molecular weight excluding hydrogens is 262 g/mol. The first-order chi connectivity index (χ1) is 10.3. The summed E-state index contributed by atoms with van der Waals surface area (Å²) in [5.74, 6) is 0.934. The van der Waals surface area contributed by atoms with E-state index in [1.54, 1.807) is 0 Å². The summed E-state index contributed by atoms with van der Waals surface area (Å²) in [5.41, 5.74) is 1.33. The number of amides is 1. The van der Waals surface area contributed by atoms with E-state index >= 15 is 0 Å². The summed E-state index contributed by atoms with van der Waals surface area (Å²) in [4.78, 5) is 12.1. The predicted molar refractivity (Wildman–Crippen MR) is 84.0 cm³/mol. The van der Waals surface area contributed by atoms with Crippen molar-refractivity contribution in [1.29, 1.82) is 0 Å². The molecular formula is C17H27N3O. The molecule has 1 aromatic rings. The lowest BCUT2D eigenvalue weighted by atomic mass is 10.1. The Balaban J connectivity index is 1.55. The molecule has 2 saturated carbocycles. The van der Waals surface area contributed by atoms with Crippen molar-refractivity contribution in [2.45, 2.75) is 64.1 Å². The summed E-state index contributed by atoms with van der Waals surface area (Å²) in [6, 6.07) is 3.04. The fourth-order valence-electron chi connectivity index (χ4n) is 3.46. The van der Waals surface area contributed by atoms with E-state index in [1.807, 2.05) is 10.8 Å². The van der Waals surface area contributed by atoms with Crippen LogP contribution in [0.4, 0.5) is 0 Å². The Labute approximate surface area is 127 Å². The van der Waals surface area contributed by atoms with Crippen LogP contribution >= 0.6 is 0 Å². The molecule has 116 valence electrons. The highest BCUT2D eigenvalue weighted by Gasteiger charge is 2.32. The lowest BCUT2D eigenvalue weighted by Gasteiger charge is -2.16. The van der Waals surface area contributed by atoms with Gasteiger partial charge in [0.05, 0.1) is 0 Å². The molecule has 0 radical (unpaired) electrons. The third kappa shape index (κ3) is 3.88. The molecule has 1 heterocycles. The summed E-state index contributed by atoms with van der Waals surface area (Å²) >= 11 is 0. The quantitative estimate of drug-likeness (QED) is 0.810. The van der Waals surface area contributed by atoms with Gasteiger partial charge in [0.2, 0.25) is 5.91 Å². The van der Waals surface area contributed by atoms with Gasteiger partial charge in [-0.3, -0.25) is 4.79 Å². The van der Waals surface area contributed by atoms with Gasteiger partial charge in [0.1, 0.15) is 6.54 Å². The van der Waals surface area contributed by atoms with Gasteiger partial charge in [-0.15, -0.1) is 0 Å². The van der Waals surface area contributed by atoms with Crippen molar-refractivity contribution in [1.82, 2.24) is 15.2 Å². The average molecular weight is 289 g/mol. The molecule has 1 amide bonds. The normalized spacial score (nSPS) is 20.6. The van der Waals surface area contributed by atoms with E-state index in [0.29, 0.717) is 18.6 Å². The zero-order valence-corrected chi connectivity index (χ0v) is 13.0. The maximum Gasteiger partial charge on any atom is 0.240 e.